The molecular weight excluding hydrogens is 244 g/mol. The van der Waals surface area contributed by atoms with Crippen LogP contribution in [0.1, 0.15) is 28.2 Å². The molecule has 1 heterocycles. The van der Waals surface area contributed by atoms with Gasteiger partial charge in [-0.3, -0.25) is 0 Å². The molecule has 0 radical (unpaired) electrons. The maximum Gasteiger partial charge on any atom is 0.340 e. The number of rotatable bonds is 3. The zero-order chi connectivity index (χ0) is 12.3. The van der Waals surface area contributed by atoms with Crippen molar-refractivity contribution in [3.8, 4) is 5.75 Å². The van der Waals surface area contributed by atoms with Gasteiger partial charge in [0.25, 0.3) is 6.43 Å². The summed E-state index contributed by atoms with van der Waals surface area (Å²) >= 11 is 5.39. The second kappa shape index (κ2) is 5.07. The van der Waals surface area contributed by atoms with Gasteiger partial charge < -0.3 is 9.84 Å². The third kappa shape index (κ3) is 2.38. The predicted molar refractivity (Wildman–Crippen MR) is 51.8 cm³/mol. The molecule has 0 aromatic carbocycles. The second-order valence-corrected chi connectivity index (χ2v) is 3.08. The van der Waals surface area contributed by atoms with Gasteiger partial charge in [0.15, 0.2) is 0 Å². The van der Waals surface area contributed by atoms with Crippen molar-refractivity contribution in [2.45, 2.75) is 12.3 Å². The van der Waals surface area contributed by atoms with Crippen molar-refractivity contribution in [2.24, 2.45) is 0 Å². The number of nitrogens with zero attached hydrogens (tertiary/aromatic N) is 1. The minimum atomic E-state index is -2.95. The van der Waals surface area contributed by atoms with Crippen molar-refractivity contribution in [3.05, 3.63) is 23.0 Å². The lowest BCUT2D eigenvalue weighted by molar-refractivity contribution is 0.0586. The molecule has 1 rings (SSSR count). The van der Waals surface area contributed by atoms with Crippen LogP contribution in [0, 0.1) is 0 Å². The van der Waals surface area contributed by atoms with Gasteiger partial charge in [0, 0.05) is 0 Å². The Morgan fingerprint density at radius 1 is 1.69 bits per heavy atom. The summed E-state index contributed by atoms with van der Waals surface area (Å²) in [6, 6.07) is 0.873. The number of halogens is 3. The van der Waals surface area contributed by atoms with Crippen molar-refractivity contribution in [1.29, 1.82) is 0 Å². The van der Waals surface area contributed by atoms with E-state index in [1.807, 2.05) is 0 Å². The van der Waals surface area contributed by atoms with Gasteiger partial charge in [0.05, 0.1) is 24.2 Å². The highest BCUT2D eigenvalue weighted by atomic mass is 35.5. The third-order valence-electron chi connectivity index (χ3n) is 1.85. The number of hydrogen-bond donors (Lipinski definition) is 1. The van der Waals surface area contributed by atoms with Gasteiger partial charge in [-0.2, -0.15) is 0 Å². The van der Waals surface area contributed by atoms with Crippen LogP contribution < -0.4 is 0 Å². The van der Waals surface area contributed by atoms with Gasteiger partial charge in [0.2, 0.25) is 0 Å². The minimum Gasteiger partial charge on any atom is -0.506 e. The van der Waals surface area contributed by atoms with E-state index in [1.54, 1.807) is 0 Å². The minimum absolute atomic E-state index is 0.107. The van der Waals surface area contributed by atoms with Gasteiger partial charge in [0.1, 0.15) is 11.4 Å². The number of alkyl halides is 3. The number of pyridine rings is 1. The number of carbonyl (C=O) groups excluding carboxylic acids is 1. The molecule has 0 amide bonds. The molecule has 7 heteroatoms. The number of aromatic nitrogens is 1. The Morgan fingerprint density at radius 2 is 2.31 bits per heavy atom. The van der Waals surface area contributed by atoms with Crippen LogP contribution in [0.15, 0.2) is 6.07 Å². The summed E-state index contributed by atoms with van der Waals surface area (Å²) in [5.74, 6) is -1.63. The molecular formula is C9H8ClF2NO3. The molecule has 0 aliphatic rings. The van der Waals surface area contributed by atoms with Gasteiger partial charge in [-0.1, -0.05) is 0 Å². The molecule has 1 aromatic rings. The van der Waals surface area contributed by atoms with E-state index in [0.717, 1.165) is 13.2 Å². The van der Waals surface area contributed by atoms with Crippen LogP contribution in [0.5, 0.6) is 5.75 Å². The zero-order valence-electron chi connectivity index (χ0n) is 8.21. The smallest absolute Gasteiger partial charge is 0.340 e. The lowest BCUT2D eigenvalue weighted by atomic mass is 10.1. The number of ether oxygens (including phenoxy) is 1. The van der Waals surface area contributed by atoms with Crippen molar-refractivity contribution < 1.29 is 23.4 Å². The molecule has 0 atom stereocenters. The van der Waals surface area contributed by atoms with E-state index < -0.39 is 29.4 Å². The highest BCUT2D eigenvalue weighted by molar-refractivity contribution is 6.17. The van der Waals surface area contributed by atoms with Crippen LogP contribution in [-0.4, -0.2) is 23.2 Å². The molecule has 0 bridgehead atoms. The van der Waals surface area contributed by atoms with E-state index >= 15 is 0 Å². The standard InChI is InChI=1S/C9H8ClF2NO3/c1-16-9(15)4-2-6(14)5(3-10)13-7(4)8(11)12/h2,8,14H,3H2,1H3. The summed E-state index contributed by atoms with van der Waals surface area (Å²) < 4.78 is 29.5. The molecule has 1 aromatic heterocycles. The number of methoxy groups -OCH3 is 1. The summed E-state index contributed by atoms with van der Waals surface area (Å²) in [6.07, 6.45) is -2.95. The first-order valence-corrected chi connectivity index (χ1v) is 4.70. The van der Waals surface area contributed by atoms with Crippen LogP contribution >= 0.6 is 11.6 Å². The second-order valence-electron chi connectivity index (χ2n) is 2.81. The van der Waals surface area contributed by atoms with Crippen molar-refractivity contribution in [2.75, 3.05) is 7.11 Å². The Labute approximate surface area is 94.8 Å². The fourth-order valence-corrected chi connectivity index (χ4v) is 1.29. The molecule has 0 saturated carbocycles. The average Bonchev–Trinajstić information content (AvgIpc) is 2.27. The van der Waals surface area contributed by atoms with E-state index in [1.165, 1.54) is 0 Å². The van der Waals surface area contributed by atoms with E-state index in [9.17, 15) is 18.7 Å². The maximum atomic E-state index is 12.6. The Hall–Kier alpha value is -1.43. The Morgan fingerprint density at radius 3 is 2.75 bits per heavy atom. The predicted octanol–water partition coefficient (Wildman–Crippen LogP) is 2.25. The number of hydrogen-bond acceptors (Lipinski definition) is 4. The summed E-state index contributed by atoms with van der Waals surface area (Å²) in [5.41, 5.74) is -1.33. The SMILES string of the molecule is COC(=O)c1cc(O)c(CCl)nc1C(F)F. The van der Waals surface area contributed by atoms with Crippen LogP contribution in [0.2, 0.25) is 0 Å². The van der Waals surface area contributed by atoms with E-state index in [2.05, 4.69) is 9.72 Å². The quantitative estimate of drug-likeness (QED) is 0.661. The van der Waals surface area contributed by atoms with Gasteiger partial charge in [-0.15, -0.1) is 11.6 Å². The fraction of sp³-hybridized carbons (Fsp3) is 0.333. The molecule has 16 heavy (non-hydrogen) atoms. The van der Waals surface area contributed by atoms with Crippen molar-refractivity contribution >= 4 is 17.6 Å². The van der Waals surface area contributed by atoms with Gasteiger partial charge in [-0.25, -0.2) is 18.6 Å². The number of carbonyl (C=O) groups is 1. The molecule has 0 aliphatic carbocycles. The van der Waals surface area contributed by atoms with E-state index in [-0.39, 0.29) is 11.6 Å². The summed E-state index contributed by atoms with van der Waals surface area (Å²) in [5, 5.41) is 9.34. The Kier molecular flexibility index (Phi) is 4.00. The molecule has 0 spiro atoms. The summed E-state index contributed by atoms with van der Waals surface area (Å²) in [6.45, 7) is 0. The first kappa shape index (κ1) is 12.6. The lowest BCUT2D eigenvalue weighted by Crippen LogP contribution is -2.09. The average molecular weight is 252 g/mol. The van der Waals surface area contributed by atoms with Gasteiger partial charge in [-0.05, 0) is 6.07 Å². The molecule has 1 N–H and O–H groups in total. The zero-order valence-corrected chi connectivity index (χ0v) is 8.96. The van der Waals surface area contributed by atoms with E-state index in [4.69, 9.17) is 11.6 Å². The van der Waals surface area contributed by atoms with Crippen molar-refractivity contribution in [1.82, 2.24) is 4.98 Å². The number of esters is 1. The maximum absolute atomic E-state index is 12.6. The first-order chi connectivity index (χ1) is 7.51. The van der Waals surface area contributed by atoms with Gasteiger partial charge >= 0.3 is 5.97 Å². The van der Waals surface area contributed by atoms with Crippen LogP contribution in [-0.2, 0) is 10.6 Å². The fourth-order valence-electron chi connectivity index (χ4n) is 1.09. The lowest BCUT2D eigenvalue weighted by Gasteiger charge is -2.09. The monoisotopic (exact) mass is 251 g/mol. The molecule has 0 fully saturated rings. The number of aromatic hydroxyl groups is 1. The highest BCUT2D eigenvalue weighted by Gasteiger charge is 2.23. The summed E-state index contributed by atoms with van der Waals surface area (Å²) in [4.78, 5) is 14.6. The third-order valence-corrected chi connectivity index (χ3v) is 2.10. The highest BCUT2D eigenvalue weighted by Crippen LogP contribution is 2.27. The molecule has 88 valence electrons. The van der Waals surface area contributed by atoms with Crippen LogP contribution in [0.4, 0.5) is 8.78 Å². The Balaban J connectivity index is 3.36. The van der Waals surface area contributed by atoms with Crippen LogP contribution in [0.25, 0.3) is 0 Å². The van der Waals surface area contributed by atoms with Crippen molar-refractivity contribution in [3.63, 3.8) is 0 Å². The molecule has 0 unspecified atom stereocenters. The van der Waals surface area contributed by atoms with E-state index in [0.29, 0.717) is 0 Å². The normalized spacial score (nSPS) is 10.6. The Bertz CT molecular complexity index is 412. The van der Waals surface area contributed by atoms with Crippen LogP contribution in [0.3, 0.4) is 0 Å². The molecule has 0 saturated heterocycles. The first-order valence-electron chi connectivity index (χ1n) is 4.16. The molecule has 0 aliphatic heterocycles. The molecule has 4 nitrogen and oxygen atoms in total. The largest absolute Gasteiger partial charge is 0.506 e. The summed E-state index contributed by atoms with van der Waals surface area (Å²) in [7, 11) is 1.05. The topological polar surface area (TPSA) is 59.4 Å².